The number of hydrogen-bond donors (Lipinski definition) is 2. The molecule has 3 rings (SSSR count). The van der Waals surface area contributed by atoms with Gasteiger partial charge in [0.15, 0.2) is 0 Å². The molecule has 1 atom stereocenters. The quantitative estimate of drug-likeness (QED) is 0.432. The molecule has 0 saturated carbocycles. The highest BCUT2D eigenvalue weighted by Gasteiger charge is 2.46. The maximum absolute atomic E-state index is 12.9. The maximum atomic E-state index is 12.9. The van der Waals surface area contributed by atoms with Crippen molar-refractivity contribution < 1.29 is 24.3 Å². The average Bonchev–Trinajstić information content (AvgIpc) is 2.97. The van der Waals surface area contributed by atoms with Crippen LogP contribution in [0.1, 0.15) is 22.9 Å². The molecule has 0 spiro atoms. The standard InChI is InChI=1S/C22H25N3O4/c1-14-13-15(8-9-17(14)29-4)20(26)18-19(16-7-5-6-10-23-16)25(12-11-24(2)3)22(28)21(18)27/h5-10,13,19,26H,11-12H2,1-4H3/p+1/t19-/m0/s1. The van der Waals surface area contributed by atoms with Gasteiger partial charge in [-0.25, -0.2) is 0 Å². The number of ether oxygens (including phenoxy) is 1. The predicted molar refractivity (Wildman–Crippen MR) is 109 cm³/mol. The van der Waals surface area contributed by atoms with E-state index in [1.54, 1.807) is 49.7 Å². The van der Waals surface area contributed by atoms with E-state index < -0.39 is 17.7 Å². The highest BCUT2D eigenvalue weighted by molar-refractivity contribution is 6.46. The van der Waals surface area contributed by atoms with E-state index in [0.717, 1.165) is 10.5 Å². The van der Waals surface area contributed by atoms with Gasteiger partial charge in [-0.15, -0.1) is 0 Å². The van der Waals surface area contributed by atoms with Gasteiger partial charge in [-0.05, 0) is 42.8 Å². The SMILES string of the molecule is COc1ccc(C(O)=C2C(=O)C(=O)N(CC[NH+](C)C)[C@H]2c2ccccn2)cc1C. The Labute approximate surface area is 170 Å². The highest BCUT2D eigenvalue weighted by atomic mass is 16.5. The zero-order valence-corrected chi connectivity index (χ0v) is 17.1. The number of Topliss-reactive ketones (excluding diaryl/α,β-unsaturated/α-hetero) is 1. The zero-order chi connectivity index (χ0) is 21.1. The first-order chi connectivity index (χ1) is 13.8. The van der Waals surface area contributed by atoms with Crippen LogP contribution in [0.15, 0.2) is 48.2 Å². The number of carbonyl (C=O) groups excluding carboxylic acids is 2. The lowest BCUT2D eigenvalue weighted by atomic mass is 9.97. The monoisotopic (exact) mass is 396 g/mol. The van der Waals surface area contributed by atoms with Crippen LogP contribution in [0.25, 0.3) is 5.76 Å². The van der Waals surface area contributed by atoms with E-state index in [0.29, 0.717) is 30.1 Å². The van der Waals surface area contributed by atoms with Gasteiger partial charge in [0.05, 0.1) is 45.6 Å². The number of likely N-dealkylation sites (tertiary alicyclic amines) is 1. The lowest BCUT2D eigenvalue weighted by molar-refractivity contribution is -0.857. The number of methoxy groups -OCH3 is 1. The molecule has 7 heteroatoms. The van der Waals surface area contributed by atoms with Gasteiger partial charge in [-0.3, -0.25) is 14.6 Å². The number of nitrogens with zero attached hydrogens (tertiary/aromatic N) is 2. The molecule has 152 valence electrons. The lowest BCUT2D eigenvalue weighted by Crippen LogP contribution is -3.06. The summed E-state index contributed by atoms with van der Waals surface area (Å²) in [7, 11) is 5.53. The Balaban J connectivity index is 2.13. The lowest BCUT2D eigenvalue weighted by Gasteiger charge is -2.24. The normalized spacial score (nSPS) is 18.5. The van der Waals surface area contributed by atoms with Crippen LogP contribution in [0, 0.1) is 6.92 Å². The van der Waals surface area contributed by atoms with Crippen molar-refractivity contribution in [2.24, 2.45) is 0 Å². The number of likely N-dealkylation sites (N-methyl/N-ethyl adjacent to an activating group) is 1. The minimum atomic E-state index is -0.724. The number of benzene rings is 1. The van der Waals surface area contributed by atoms with Crippen LogP contribution in [0.3, 0.4) is 0 Å². The van der Waals surface area contributed by atoms with Crippen LogP contribution in [-0.4, -0.2) is 61.0 Å². The van der Waals surface area contributed by atoms with Gasteiger partial charge < -0.3 is 19.6 Å². The van der Waals surface area contributed by atoms with E-state index in [1.807, 2.05) is 21.0 Å². The maximum Gasteiger partial charge on any atom is 0.295 e. The van der Waals surface area contributed by atoms with Crippen molar-refractivity contribution in [3.05, 3.63) is 65.0 Å². The second-order valence-electron chi connectivity index (χ2n) is 7.39. The van der Waals surface area contributed by atoms with Crippen molar-refractivity contribution in [3.63, 3.8) is 0 Å². The Morgan fingerprint density at radius 3 is 2.59 bits per heavy atom. The molecule has 2 aromatic rings. The summed E-state index contributed by atoms with van der Waals surface area (Å²) in [5, 5.41) is 11.0. The van der Waals surface area contributed by atoms with Crippen molar-refractivity contribution in [1.82, 2.24) is 9.88 Å². The molecule has 1 aromatic heterocycles. The van der Waals surface area contributed by atoms with Crippen LogP contribution in [-0.2, 0) is 9.59 Å². The first kappa shape index (κ1) is 20.5. The summed E-state index contributed by atoms with van der Waals surface area (Å²) in [4.78, 5) is 32.7. The Bertz CT molecular complexity index is 954. The van der Waals surface area contributed by atoms with Crippen molar-refractivity contribution in [2.45, 2.75) is 13.0 Å². The summed E-state index contributed by atoms with van der Waals surface area (Å²) in [5.41, 5.74) is 1.89. The first-order valence-electron chi connectivity index (χ1n) is 9.48. The summed E-state index contributed by atoms with van der Waals surface area (Å²) in [6.45, 7) is 2.90. The van der Waals surface area contributed by atoms with Crippen molar-refractivity contribution >= 4 is 17.4 Å². The van der Waals surface area contributed by atoms with Crippen LogP contribution in [0.5, 0.6) is 5.75 Å². The van der Waals surface area contributed by atoms with E-state index in [1.165, 1.54) is 4.90 Å². The zero-order valence-electron chi connectivity index (χ0n) is 17.1. The van der Waals surface area contributed by atoms with E-state index >= 15 is 0 Å². The second kappa shape index (κ2) is 8.45. The number of ketones is 1. The number of pyridine rings is 1. The fourth-order valence-electron chi connectivity index (χ4n) is 3.48. The summed E-state index contributed by atoms with van der Waals surface area (Å²) < 4.78 is 5.27. The molecular formula is C22H26N3O4+. The molecule has 0 unspecified atom stereocenters. The largest absolute Gasteiger partial charge is 0.507 e. The van der Waals surface area contributed by atoms with Crippen molar-refractivity contribution in [2.75, 3.05) is 34.3 Å². The topological polar surface area (TPSA) is 84.2 Å². The fraction of sp³-hybridized carbons (Fsp3) is 0.318. The molecule has 1 saturated heterocycles. The molecule has 0 aliphatic carbocycles. The third kappa shape index (κ3) is 4.00. The molecule has 0 bridgehead atoms. The minimum Gasteiger partial charge on any atom is -0.507 e. The summed E-state index contributed by atoms with van der Waals surface area (Å²) in [6, 6.07) is 9.75. The Hall–Kier alpha value is -3.19. The Kier molecular flexibility index (Phi) is 5.98. The van der Waals surface area contributed by atoms with E-state index in [-0.39, 0.29) is 11.3 Å². The second-order valence-corrected chi connectivity index (χ2v) is 7.39. The first-order valence-corrected chi connectivity index (χ1v) is 9.48. The van der Waals surface area contributed by atoms with Crippen molar-refractivity contribution in [3.8, 4) is 5.75 Å². The van der Waals surface area contributed by atoms with E-state index in [4.69, 9.17) is 4.74 Å². The molecule has 7 nitrogen and oxygen atoms in total. The molecule has 1 aliphatic rings. The number of rotatable bonds is 6. The molecule has 2 N–H and O–H groups in total. The molecular weight excluding hydrogens is 370 g/mol. The summed E-state index contributed by atoms with van der Waals surface area (Å²) in [6.07, 6.45) is 1.62. The van der Waals surface area contributed by atoms with Crippen LogP contribution >= 0.6 is 0 Å². The van der Waals surface area contributed by atoms with Gasteiger partial charge in [0, 0.05) is 11.8 Å². The van der Waals surface area contributed by atoms with Crippen molar-refractivity contribution in [1.29, 1.82) is 0 Å². The number of hydrogen-bond acceptors (Lipinski definition) is 5. The molecule has 0 radical (unpaired) electrons. The predicted octanol–water partition coefficient (Wildman–Crippen LogP) is 0.965. The molecule has 1 amide bonds. The number of aliphatic hydroxyl groups is 1. The number of amides is 1. The average molecular weight is 396 g/mol. The van der Waals surface area contributed by atoms with Gasteiger partial charge in [0.25, 0.3) is 11.7 Å². The molecule has 1 aromatic carbocycles. The van der Waals surface area contributed by atoms with E-state index in [9.17, 15) is 14.7 Å². The Morgan fingerprint density at radius 1 is 1.24 bits per heavy atom. The van der Waals surface area contributed by atoms with Crippen LogP contribution in [0.2, 0.25) is 0 Å². The third-order valence-corrected chi connectivity index (χ3v) is 5.03. The van der Waals surface area contributed by atoms with E-state index in [2.05, 4.69) is 4.98 Å². The number of quaternary nitrogens is 1. The van der Waals surface area contributed by atoms with Gasteiger partial charge in [0.2, 0.25) is 0 Å². The third-order valence-electron chi connectivity index (χ3n) is 5.03. The highest BCUT2D eigenvalue weighted by Crippen LogP contribution is 2.38. The Morgan fingerprint density at radius 2 is 2.00 bits per heavy atom. The number of carbonyl (C=O) groups is 2. The smallest absolute Gasteiger partial charge is 0.295 e. The number of nitrogens with one attached hydrogen (secondary N) is 1. The number of aryl methyl sites for hydroxylation is 1. The van der Waals surface area contributed by atoms with Gasteiger partial charge in [0.1, 0.15) is 17.6 Å². The summed E-state index contributed by atoms with van der Waals surface area (Å²) in [5.74, 6) is -0.837. The van der Waals surface area contributed by atoms with Gasteiger partial charge in [-0.1, -0.05) is 6.07 Å². The fourth-order valence-corrected chi connectivity index (χ4v) is 3.48. The minimum absolute atomic E-state index is 0.0621. The molecule has 29 heavy (non-hydrogen) atoms. The number of aromatic nitrogens is 1. The number of aliphatic hydroxyl groups excluding tert-OH is 1. The van der Waals surface area contributed by atoms with Gasteiger partial charge >= 0.3 is 0 Å². The molecule has 1 aliphatic heterocycles. The van der Waals surface area contributed by atoms with Gasteiger partial charge in [-0.2, -0.15) is 0 Å². The molecule has 2 heterocycles. The van der Waals surface area contributed by atoms with Crippen LogP contribution in [0.4, 0.5) is 0 Å². The summed E-state index contributed by atoms with van der Waals surface area (Å²) >= 11 is 0. The van der Waals surface area contributed by atoms with Crippen LogP contribution < -0.4 is 9.64 Å². The molecule has 1 fully saturated rings.